The van der Waals surface area contributed by atoms with Crippen molar-refractivity contribution in [2.75, 3.05) is 0 Å². The smallest absolute Gasteiger partial charge is 0.263 e. The van der Waals surface area contributed by atoms with Gasteiger partial charge in [-0.3, -0.25) is 4.79 Å². The monoisotopic (exact) mass is 382 g/mol. The Kier molecular flexibility index (Phi) is 4.56. The highest BCUT2D eigenvalue weighted by molar-refractivity contribution is 8.26. The number of amides is 1. The second-order valence-electron chi connectivity index (χ2n) is 5.11. The molecule has 0 radical (unpaired) electrons. The van der Waals surface area contributed by atoms with Crippen LogP contribution in [0.1, 0.15) is 17.0 Å². The van der Waals surface area contributed by atoms with E-state index in [1.54, 1.807) is 6.07 Å². The molecule has 1 amide bonds. The van der Waals surface area contributed by atoms with Crippen molar-refractivity contribution in [2.45, 2.75) is 13.8 Å². The van der Waals surface area contributed by atoms with Gasteiger partial charge in [0.1, 0.15) is 4.32 Å². The van der Waals surface area contributed by atoms with Gasteiger partial charge in [0.05, 0.1) is 15.0 Å². The van der Waals surface area contributed by atoms with Crippen LogP contribution in [0.2, 0.25) is 10.0 Å². The molecule has 1 aromatic carbocycles. The van der Waals surface area contributed by atoms with Gasteiger partial charge in [-0.25, -0.2) is 0 Å². The minimum atomic E-state index is -0.153. The molecule has 1 aromatic heterocycles. The van der Waals surface area contributed by atoms with E-state index in [2.05, 4.69) is 9.88 Å². The normalized spacial score (nSPS) is 16.3. The van der Waals surface area contributed by atoms with Crippen LogP contribution in [0.3, 0.4) is 0 Å². The lowest BCUT2D eigenvalue weighted by atomic mass is 10.2. The van der Waals surface area contributed by atoms with Crippen molar-refractivity contribution in [3.63, 3.8) is 0 Å². The van der Waals surface area contributed by atoms with E-state index in [0.717, 1.165) is 22.6 Å². The van der Waals surface area contributed by atoms with Gasteiger partial charge in [0.15, 0.2) is 0 Å². The first kappa shape index (κ1) is 16.6. The lowest BCUT2D eigenvalue weighted by molar-refractivity contribution is -0.115. The lowest BCUT2D eigenvalue weighted by Gasteiger charge is -2.10. The largest absolute Gasteiger partial charge is 0.318 e. The summed E-state index contributed by atoms with van der Waals surface area (Å²) < 4.78 is 2.56. The molecule has 0 bridgehead atoms. The molecular weight excluding hydrogens is 371 g/mol. The van der Waals surface area contributed by atoms with Gasteiger partial charge in [0.25, 0.3) is 5.91 Å². The van der Waals surface area contributed by atoms with Crippen molar-refractivity contribution in [3.05, 3.63) is 56.2 Å². The van der Waals surface area contributed by atoms with Crippen molar-refractivity contribution in [1.82, 2.24) is 9.88 Å². The van der Waals surface area contributed by atoms with E-state index in [9.17, 15) is 4.79 Å². The zero-order valence-corrected chi connectivity index (χ0v) is 15.5. The average Bonchev–Trinajstić information content (AvgIpc) is 2.93. The standard InChI is InChI=1S/C16H12Cl2N2OS2/c1-8-5-10(6-14-15(21)19-16(22)23-14)9(2)20(8)11-3-4-12(17)13(18)7-11/h3-7H,1-2H3,(H,19,21,22). The predicted octanol–water partition coefficient (Wildman–Crippen LogP) is 4.89. The first-order chi connectivity index (χ1) is 10.9. The zero-order chi connectivity index (χ0) is 16.7. The minimum absolute atomic E-state index is 0.153. The van der Waals surface area contributed by atoms with Crippen LogP contribution >= 0.6 is 47.2 Å². The number of aryl methyl sites for hydroxylation is 1. The molecule has 0 unspecified atom stereocenters. The highest BCUT2D eigenvalue weighted by Crippen LogP contribution is 2.31. The molecule has 0 saturated carbocycles. The fourth-order valence-corrected chi connectivity index (χ4v) is 3.84. The molecule has 23 heavy (non-hydrogen) atoms. The van der Waals surface area contributed by atoms with Crippen LogP contribution < -0.4 is 5.32 Å². The topological polar surface area (TPSA) is 34.0 Å². The van der Waals surface area contributed by atoms with Gasteiger partial charge in [-0.1, -0.05) is 47.2 Å². The number of thioether (sulfide) groups is 1. The number of rotatable bonds is 2. The van der Waals surface area contributed by atoms with E-state index in [-0.39, 0.29) is 5.91 Å². The van der Waals surface area contributed by atoms with Crippen molar-refractivity contribution < 1.29 is 4.79 Å². The number of aromatic nitrogens is 1. The number of nitrogens with one attached hydrogen (secondary N) is 1. The maximum Gasteiger partial charge on any atom is 0.263 e. The molecule has 118 valence electrons. The van der Waals surface area contributed by atoms with Crippen LogP contribution in [0, 0.1) is 13.8 Å². The fraction of sp³-hybridized carbons (Fsp3) is 0.125. The molecule has 1 fully saturated rings. The third-order valence-electron chi connectivity index (χ3n) is 3.56. The first-order valence-electron chi connectivity index (χ1n) is 6.76. The molecule has 0 spiro atoms. The summed E-state index contributed by atoms with van der Waals surface area (Å²) >= 11 is 18.4. The maximum absolute atomic E-state index is 11.8. The number of benzene rings is 1. The predicted molar refractivity (Wildman–Crippen MR) is 102 cm³/mol. The Morgan fingerprint density at radius 1 is 1.22 bits per heavy atom. The van der Waals surface area contributed by atoms with E-state index in [0.29, 0.717) is 19.3 Å². The zero-order valence-electron chi connectivity index (χ0n) is 12.3. The van der Waals surface area contributed by atoms with Crippen LogP contribution in [0.5, 0.6) is 0 Å². The van der Waals surface area contributed by atoms with E-state index in [1.807, 2.05) is 38.1 Å². The molecule has 1 N–H and O–H groups in total. The molecule has 1 saturated heterocycles. The lowest BCUT2D eigenvalue weighted by Crippen LogP contribution is -2.17. The summed E-state index contributed by atoms with van der Waals surface area (Å²) in [5.41, 5.74) is 3.95. The number of halogens is 2. The summed E-state index contributed by atoms with van der Waals surface area (Å²) in [6, 6.07) is 7.54. The number of thiocarbonyl (C=S) groups is 1. The van der Waals surface area contributed by atoms with Gasteiger partial charge < -0.3 is 9.88 Å². The van der Waals surface area contributed by atoms with Gasteiger partial charge in [0, 0.05) is 17.1 Å². The van der Waals surface area contributed by atoms with Crippen molar-refractivity contribution >= 4 is 63.5 Å². The summed E-state index contributed by atoms with van der Waals surface area (Å²) in [5.74, 6) is -0.153. The Labute approximate surface area is 153 Å². The van der Waals surface area contributed by atoms with E-state index in [4.69, 9.17) is 35.4 Å². The van der Waals surface area contributed by atoms with Crippen molar-refractivity contribution in [3.8, 4) is 5.69 Å². The summed E-state index contributed by atoms with van der Waals surface area (Å²) in [5, 5.41) is 3.65. The van der Waals surface area contributed by atoms with Gasteiger partial charge >= 0.3 is 0 Å². The van der Waals surface area contributed by atoms with E-state index in [1.165, 1.54) is 11.8 Å². The molecule has 2 aromatic rings. The number of hydrogen-bond acceptors (Lipinski definition) is 3. The maximum atomic E-state index is 11.8. The summed E-state index contributed by atoms with van der Waals surface area (Å²) in [6.07, 6.45) is 1.86. The molecule has 0 atom stereocenters. The van der Waals surface area contributed by atoms with Crippen LogP contribution in [0.4, 0.5) is 0 Å². The average molecular weight is 383 g/mol. The molecule has 0 aliphatic carbocycles. The Morgan fingerprint density at radius 2 is 1.96 bits per heavy atom. The van der Waals surface area contributed by atoms with Crippen LogP contribution in [-0.2, 0) is 4.79 Å². The number of carbonyl (C=O) groups is 1. The Morgan fingerprint density at radius 3 is 2.57 bits per heavy atom. The van der Waals surface area contributed by atoms with Gasteiger partial charge in [0.2, 0.25) is 0 Å². The third kappa shape index (κ3) is 3.19. The summed E-state index contributed by atoms with van der Waals surface area (Å²) in [7, 11) is 0. The van der Waals surface area contributed by atoms with Gasteiger partial charge in [-0.15, -0.1) is 0 Å². The van der Waals surface area contributed by atoms with Gasteiger partial charge in [-0.2, -0.15) is 0 Å². The fourth-order valence-electron chi connectivity index (χ4n) is 2.52. The minimum Gasteiger partial charge on any atom is -0.318 e. The highest BCUT2D eigenvalue weighted by Gasteiger charge is 2.23. The first-order valence-corrected chi connectivity index (χ1v) is 8.74. The third-order valence-corrected chi connectivity index (χ3v) is 5.46. The van der Waals surface area contributed by atoms with E-state index >= 15 is 0 Å². The van der Waals surface area contributed by atoms with Crippen LogP contribution in [-0.4, -0.2) is 14.8 Å². The summed E-state index contributed by atoms with van der Waals surface area (Å²) in [4.78, 5) is 12.4. The molecule has 1 aliphatic rings. The van der Waals surface area contributed by atoms with Crippen molar-refractivity contribution in [2.24, 2.45) is 0 Å². The van der Waals surface area contributed by atoms with Crippen molar-refractivity contribution in [1.29, 1.82) is 0 Å². The molecular formula is C16H12Cl2N2OS2. The Bertz CT molecular complexity index is 871. The summed E-state index contributed by atoms with van der Waals surface area (Å²) in [6.45, 7) is 4.00. The molecule has 7 heteroatoms. The van der Waals surface area contributed by atoms with Crippen LogP contribution in [0.25, 0.3) is 11.8 Å². The highest BCUT2D eigenvalue weighted by atomic mass is 35.5. The molecule has 3 nitrogen and oxygen atoms in total. The number of hydrogen-bond donors (Lipinski definition) is 1. The van der Waals surface area contributed by atoms with Crippen LogP contribution in [0.15, 0.2) is 29.2 Å². The van der Waals surface area contributed by atoms with Gasteiger partial charge in [-0.05, 0) is 49.8 Å². The van der Waals surface area contributed by atoms with E-state index < -0.39 is 0 Å². The number of nitrogens with zero attached hydrogens (tertiary/aromatic N) is 1. The quantitative estimate of drug-likeness (QED) is 0.592. The Hall–Kier alpha value is -1.27. The SMILES string of the molecule is Cc1cc(C=C2SC(=S)NC2=O)c(C)n1-c1ccc(Cl)c(Cl)c1. The molecule has 1 aliphatic heterocycles. The molecule has 3 rings (SSSR count). The second kappa shape index (κ2) is 6.32. The molecule has 2 heterocycles. The number of carbonyl (C=O) groups excluding carboxylic acids is 1. The second-order valence-corrected chi connectivity index (χ2v) is 7.65. The Balaban J connectivity index is 2.06.